The third-order valence-corrected chi connectivity index (χ3v) is 3.85. The van der Waals surface area contributed by atoms with Crippen molar-refractivity contribution in [2.45, 2.75) is 19.9 Å². The molecule has 1 heterocycles. The number of amides is 1. The van der Waals surface area contributed by atoms with Crippen molar-refractivity contribution < 1.29 is 13.9 Å². The summed E-state index contributed by atoms with van der Waals surface area (Å²) in [6.45, 7) is 2.86. The van der Waals surface area contributed by atoms with Crippen molar-refractivity contribution in [1.82, 2.24) is 10.3 Å². The third-order valence-electron chi connectivity index (χ3n) is 2.91. The summed E-state index contributed by atoms with van der Waals surface area (Å²) in [5.41, 5.74) is 1.11. The SMILES string of the molecule is CCCOc1ncccc1CNC(=O)c1cc(F)ccc1I. The number of halogens is 2. The van der Waals surface area contributed by atoms with E-state index in [1.54, 1.807) is 18.3 Å². The molecule has 0 fully saturated rings. The van der Waals surface area contributed by atoms with Crippen molar-refractivity contribution in [2.24, 2.45) is 0 Å². The smallest absolute Gasteiger partial charge is 0.252 e. The molecule has 22 heavy (non-hydrogen) atoms. The molecule has 1 N–H and O–H groups in total. The minimum atomic E-state index is -0.432. The minimum absolute atomic E-state index is 0.276. The number of hydrogen-bond donors (Lipinski definition) is 1. The van der Waals surface area contributed by atoms with Gasteiger partial charge in [-0.2, -0.15) is 0 Å². The number of nitrogens with one attached hydrogen (secondary N) is 1. The molecule has 2 aromatic rings. The van der Waals surface area contributed by atoms with Crippen molar-refractivity contribution in [3.05, 3.63) is 57.0 Å². The first-order valence-electron chi connectivity index (χ1n) is 6.91. The molecule has 0 radical (unpaired) electrons. The summed E-state index contributed by atoms with van der Waals surface area (Å²) < 4.78 is 19.5. The third kappa shape index (κ3) is 4.40. The van der Waals surface area contributed by atoms with Gasteiger partial charge >= 0.3 is 0 Å². The first-order chi connectivity index (χ1) is 10.6. The quantitative estimate of drug-likeness (QED) is 0.736. The van der Waals surface area contributed by atoms with E-state index in [-0.39, 0.29) is 12.5 Å². The van der Waals surface area contributed by atoms with Crippen LogP contribution in [-0.2, 0) is 6.54 Å². The predicted octanol–water partition coefficient (Wildman–Crippen LogP) is 3.54. The molecule has 0 bridgehead atoms. The van der Waals surface area contributed by atoms with Crippen molar-refractivity contribution in [3.63, 3.8) is 0 Å². The number of ether oxygens (including phenoxy) is 1. The van der Waals surface area contributed by atoms with Gasteiger partial charge in [-0.1, -0.05) is 13.0 Å². The lowest BCUT2D eigenvalue weighted by atomic mass is 10.2. The van der Waals surface area contributed by atoms with Crippen LogP contribution in [0.15, 0.2) is 36.5 Å². The van der Waals surface area contributed by atoms with Gasteiger partial charge in [0, 0.05) is 21.9 Å². The molecular formula is C16H16FIN2O2. The van der Waals surface area contributed by atoms with Crippen LogP contribution in [0, 0.1) is 9.39 Å². The Morgan fingerprint density at radius 2 is 2.23 bits per heavy atom. The van der Waals surface area contributed by atoms with Crippen molar-refractivity contribution >= 4 is 28.5 Å². The minimum Gasteiger partial charge on any atom is -0.477 e. The molecule has 0 saturated carbocycles. The number of nitrogens with zero attached hydrogens (tertiary/aromatic N) is 1. The summed E-state index contributed by atoms with van der Waals surface area (Å²) in [6.07, 6.45) is 2.52. The standard InChI is InChI=1S/C16H16FIN2O2/c1-2-8-22-16-11(4-3-7-19-16)10-20-15(21)13-9-12(17)5-6-14(13)18/h3-7,9H,2,8,10H2,1H3,(H,20,21). The maximum Gasteiger partial charge on any atom is 0.252 e. The van der Waals surface area contributed by atoms with Crippen molar-refractivity contribution in [1.29, 1.82) is 0 Å². The van der Waals surface area contributed by atoms with Crippen LogP contribution in [0.1, 0.15) is 29.3 Å². The van der Waals surface area contributed by atoms with E-state index < -0.39 is 5.82 Å². The highest BCUT2D eigenvalue weighted by atomic mass is 127. The van der Waals surface area contributed by atoms with E-state index in [1.165, 1.54) is 12.1 Å². The maximum absolute atomic E-state index is 13.3. The van der Waals surface area contributed by atoms with Gasteiger partial charge in [0.15, 0.2) is 0 Å². The Labute approximate surface area is 142 Å². The van der Waals surface area contributed by atoms with Crippen LogP contribution >= 0.6 is 22.6 Å². The fraction of sp³-hybridized carbons (Fsp3) is 0.250. The van der Waals surface area contributed by atoms with Crippen LogP contribution < -0.4 is 10.1 Å². The van der Waals surface area contributed by atoms with Gasteiger partial charge in [0.1, 0.15) is 5.82 Å². The molecule has 4 nitrogen and oxygen atoms in total. The number of rotatable bonds is 6. The molecule has 2 rings (SSSR count). The highest BCUT2D eigenvalue weighted by Gasteiger charge is 2.12. The normalized spacial score (nSPS) is 10.3. The van der Waals surface area contributed by atoms with Crippen LogP contribution in [0.4, 0.5) is 4.39 Å². The average Bonchev–Trinajstić information content (AvgIpc) is 2.53. The van der Waals surface area contributed by atoms with E-state index in [2.05, 4.69) is 10.3 Å². The Hall–Kier alpha value is -1.70. The molecule has 116 valence electrons. The summed E-state index contributed by atoms with van der Waals surface area (Å²) in [5, 5.41) is 2.77. The highest BCUT2D eigenvalue weighted by molar-refractivity contribution is 14.1. The zero-order valence-electron chi connectivity index (χ0n) is 12.1. The first kappa shape index (κ1) is 16.7. The fourth-order valence-electron chi connectivity index (χ4n) is 1.83. The maximum atomic E-state index is 13.3. The van der Waals surface area contributed by atoms with Gasteiger partial charge < -0.3 is 10.1 Å². The largest absolute Gasteiger partial charge is 0.477 e. The van der Waals surface area contributed by atoms with Gasteiger partial charge in [0.05, 0.1) is 12.2 Å². The lowest BCUT2D eigenvalue weighted by Gasteiger charge is -2.11. The van der Waals surface area contributed by atoms with E-state index in [4.69, 9.17) is 4.74 Å². The second-order valence-electron chi connectivity index (χ2n) is 4.62. The van der Waals surface area contributed by atoms with E-state index in [0.717, 1.165) is 12.0 Å². The number of carbonyl (C=O) groups is 1. The molecule has 0 spiro atoms. The number of carbonyl (C=O) groups excluding carboxylic acids is 1. The molecule has 0 saturated heterocycles. The second-order valence-corrected chi connectivity index (χ2v) is 5.79. The molecule has 1 amide bonds. The molecule has 1 aromatic heterocycles. The first-order valence-corrected chi connectivity index (χ1v) is 7.99. The van der Waals surface area contributed by atoms with E-state index in [9.17, 15) is 9.18 Å². The Kier molecular flexibility index (Phi) is 6.11. The Morgan fingerprint density at radius 1 is 1.41 bits per heavy atom. The molecular weight excluding hydrogens is 398 g/mol. The van der Waals surface area contributed by atoms with Gasteiger partial charge in [0.25, 0.3) is 5.91 Å². The van der Waals surface area contributed by atoms with Crippen LogP contribution in [-0.4, -0.2) is 17.5 Å². The fourth-order valence-corrected chi connectivity index (χ4v) is 2.41. The summed E-state index contributed by atoms with van der Waals surface area (Å²) >= 11 is 2.01. The Morgan fingerprint density at radius 3 is 3.00 bits per heavy atom. The Bertz CT molecular complexity index is 664. The second kappa shape index (κ2) is 8.07. The number of aromatic nitrogens is 1. The van der Waals surface area contributed by atoms with Crippen molar-refractivity contribution in [2.75, 3.05) is 6.61 Å². The van der Waals surface area contributed by atoms with Gasteiger partial charge in [0.2, 0.25) is 5.88 Å². The summed E-state index contributed by atoms with van der Waals surface area (Å²) in [5.74, 6) is -0.244. The molecule has 6 heteroatoms. The van der Waals surface area contributed by atoms with Crippen LogP contribution in [0.25, 0.3) is 0 Å². The van der Waals surface area contributed by atoms with Gasteiger partial charge in [-0.15, -0.1) is 0 Å². The van der Waals surface area contributed by atoms with Crippen LogP contribution in [0.5, 0.6) is 5.88 Å². The number of pyridine rings is 1. The molecule has 0 unspecified atom stereocenters. The number of hydrogen-bond acceptors (Lipinski definition) is 3. The van der Waals surface area contributed by atoms with Gasteiger partial charge in [-0.05, 0) is 53.3 Å². The number of benzene rings is 1. The summed E-state index contributed by atoms with van der Waals surface area (Å²) in [7, 11) is 0. The van der Waals surface area contributed by atoms with E-state index >= 15 is 0 Å². The molecule has 0 atom stereocenters. The van der Waals surface area contributed by atoms with Crippen molar-refractivity contribution in [3.8, 4) is 5.88 Å². The monoisotopic (exact) mass is 414 g/mol. The lowest BCUT2D eigenvalue weighted by Crippen LogP contribution is -2.24. The summed E-state index contributed by atoms with van der Waals surface area (Å²) in [4.78, 5) is 16.3. The van der Waals surface area contributed by atoms with E-state index in [1.807, 2.05) is 35.6 Å². The van der Waals surface area contributed by atoms with Crippen LogP contribution in [0.2, 0.25) is 0 Å². The molecule has 0 aliphatic heterocycles. The van der Waals surface area contributed by atoms with Gasteiger partial charge in [-0.25, -0.2) is 9.37 Å². The van der Waals surface area contributed by atoms with E-state index in [0.29, 0.717) is 21.6 Å². The lowest BCUT2D eigenvalue weighted by molar-refractivity contribution is 0.0949. The van der Waals surface area contributed by atoms with Gasteiger partial charge in [-0.3, -0.25) is 4.79 Å². The molecule has 0 aliphatic rings. The zero-order valence-corrected chi connectivity index (χ0v) is 14.3. The topological polar surface area (TPSA) is 51.2 Å². The predicted molar refractivity (Wildman–Crippen MR) is 90.3 cm³/mol. The zero-order chi connectivity index (χ0) is 15.9. The summed E-state index contributed by atoms with van der Waals surface area (Å²) in [6, 6.07) is 7.76. The molecule has 1 aromatic carbocycles. The molecule has 0 aliphatic carbocycles. The highest BCUT2D eigenvalue weighted by Crippen LogP contribution is 2.16. The average molecular weight is 414 g/mol. The Balaban J connectivity index is 2.06. The van der Waals surface area contributed by atoms with Crippen LogP contribution in [0.3, 0.4) is 0 Å².